The van der Waals surface area contributed by atoms with Gasteiger partial charge in [-0.1, -0.05) is 36.4 Å². The maximum absolute atomic E-state index is 13.1. The van der Waals surface area contributed by atoms with Crippen molar-refractivity contribution in [2.24, 2.45) is 5.73 Å². The van der Waals surface area contributed by atoms with Gasteiger partial charge in [0.1, 0.15) is 5.84 Å². The molecule has 0 radical (unpaired) electrons. The van der Waals surface area contributed by atoms with Crippen LogP contribution >= 0.6 is 24.0 Å². The first-order chi connectivity index (χ1) is 16.2. The van der Waals surface area contributed by atoms with Crippen LogP contribution in [0.15, 0.2) is 71.6 Å². The number of nitrogens with one attached hydrogen (secondary N) is 2. The molecule has 0 fully saturated rings. The van der Waals surface area contributed by atoms with E-state index in [9.17, 15) is 13.2 Å². The molecule has 1 amide bonds. The van der Waals surface area contributed by atoms with Crippen LogP contribution in [-0.2, 0) is 27.7 Å². The fraction of sp³-hybridized carbons (Fsp3) is 0.231. The molecule has 0 spiro atoms. The molecule has 0 saturated heterocycles. The molecular formula is C26H29IN4O3S. The summed E-state index contributed by atoms with van der Waals surface area (Å²) in [7, 11) is -3.67. The zero-order valence-electron chi connectivity index (χ0n) is 19.5. The fourth-order valence-corrected chi connectivity index (χ4v) is 5.37. The molecule has 1 aliphatic heterocycles. The number of amides is 1. The van der Waals surface area contributed by atoms with Gasteiger partial charge < -0.3 is 10.6 Å². The second-order valence-electron chi connectivity index (χ2n) is 8.47. The smallest absolute Gasteiger partial charge is 0.261 e. The van der Waals surface area contributed by atoms with Gasteiger partial charge in [-0.05, 0) is 73.2 Å². The molecule has 4 rings (SSSR count). The number of carbonyl (C=O) groups is 1. The van der Waals surface area contributed by atoms with Crippen molar-refractivity contribution in [1.29, 1.82) is 5.41 Å². The number of rotatable bonds is 7. The standard InChI is InChI=1S/C26H28N4O3S.HI/c1-18-16-19(9-12-23(18)26(27)28)10-14-25(31)30-15-5-6-20-17-21(11-13-24(20)30)29-34(32,33)22-7-3-2-4-8-22;/h2-4,7-9,11-13,16-17,29H,5-6,10,14-15H2,1H3,(H3,27,28);1H. The molecular weight excluding hydrogens is 575 g/mol. The summed E-state index contributed by atoms with van der Waals surface area (Å²) in [5.41, 5.74) is 10.5. The van der Waals surface area contributed by atoms with E-state index in [1.54, 1.807) is 41.3 Å². The minimum absolute atomic E-state index is 0. The number of carbonyl (C=O) groups excluding carboxylic acids is 1. The van der Waals surface area contributed by atoms with E-state index in [4.69, 9.17) is 11.1 Å². The summed E-state index contributed by atoms with van der Waals surface area (Å²) in [5, 5.41) is 7.61. The first kappa shape index (κ1) is 26.7. The Hall–Kier alpha value is -2.92. The number of nitrogens with two attached hydrogens (primary N) is 1. The number of amidine groups is 1. The SMILES string of the molecule is Cc1cc(CCC(=O)N2CCCc3cc(NS(=O)(=O)c4ccccc4)ccc32)ccc1C(=N)N.I. The molecule has 9 heteroatoms. The topological polar surface area (TPSA) is 116 Å². The van der Waals surface area contributed by atoms with Crippen LogP contribution in [0.1, 0.15) is 35.1 Å². The van der Waals surface area contributed by atoms with Gasteiger partial charge in [-0.15, -0.1) is 24.0 Å². The van der Waals surface area contributed by atoms with Crippen LogP contribution in [0.5, 0.6) is 0 Å². The number of benzene rings is 3. The van der Waals surface area contributed by atoms with Crippen LogP contribution < -0.4 is 15.4 Å². The summed E-state index contributed by atoms with van der Waals surface area (Å²) in [4.78, 5) is 15.1. The number of fused-ring (bicyclic) bond motifs is 1. The number of halogens is 1. The Kier molecular flexibility index (Phi) is 8.55. The lowest BCUT2D eigenvalue weighted by Crippen LogP contribution is -2.35. The highest BCUT2D eigenvalue weighted by Crippen LogP contribution is 2.31. The number of aryl methyl sites for hydroxylation is 3. The van der Waals surface area contributed by atoms with Crippen molar-refractivity contribution in [3.05, 3.63) is 89.0 Å². The highest BCUT2D eigenvalue weighted by atomic mass is 127. The number of nitrogens with zero attached hydrogens (tertiary/aromatic N) is 1. The number of hydrogen-bond acceptors (Lipinski definition) is 4. The molecule has 0 aliphatic carbocycles. The van der Waals surface area contributed by atoms with Gasteiger partial charge in [-0.2, -0.15) is 0 Å². The van der Waals surface area contributed by atoms with Crippen molar-refractivity contribution < 1.29 is 13.2 Å². The van der Waals surface area contributed by atoms with Gasteiger partial charge in [0.25, 0.3) is 10.0 Å². The van der Waals surface area contributed by atoms with E-state index in [0.717, 1.165) is 35.2 Å². The Morgan fingerprint density at radius 2 is 1.83 bits per heavy atom. The average molecular weight is 605 g/mol. The van der Waals surface area contributed by atoms with Crippen molar-refractivity contribution in [1.82, 2.24) is 0 Å². The summed E-state index contributed by atoms with van der Waals surface area (Å²) in [6, 6.07) is 19.3. The van der Waals surface area contributed by atoms with Gasteiger partial charge in [0.05, 0.1) is 4.90 Å². The minimum atomic E-state index is -3.67. The zero-order chi connectivity index (χ0) is 24.3. The quantitative estimate of drug-likeness (QED) is 0.208. The van der Waals surface area contributed by atoms with Gasteiger partial charge in [0.15, 0.2) is 0 Å². The molecule has 0 atom stereocenters. The second-order valence-corrected chi connectivity index (χ2v) is 10.2. The Bertz CT molecular complexity index is 1340. The van der Waals surface area contributed by atoms with Crippen molar-refractivity contribution in [3.63, 3.8) is 0 Å². The van der Waals surface area contributed by atoms with Crippen LogP contribution in [0, 0.1) is 12.3 Å². The first-order valence-electron chi connectivity index (χ1n) is 11.2. The van der Waals surface area contributed by atoms with Crippen molar-refractivity contribution in [3.8, 4) is 0 Å². The number of hydrogen-bond donors (Lipinski definition) is 3. The highest BCUT2D eigenvalue weighted by molar-refractivity contribution is 14.0. The fourth-order valence-electron chi connectivity index (χ4n) is 4.30. The van der Waals surface area contributed by atoms with Gasteiger partial charge >= 0.3 is 0 Å². The summed E-state index contributed by atoms with van der Waals surface area (Å²) < 4.78 is 27.9. The van der Waals surface area contributed by atoms with Crippen molar-refractivity contribution >= 4 is 57.1 Å². The Morgan fingerprint density at radius 1 is 1.09 bits per heavy atom. The number of nitrogen functional groups attached to an aromatic ring is 1. The Morgan fingerprint density at radius 3 is 2.51 bits per heavy atom. The summed E-state index contributed by atoms with van der Waals surface area (Å²) in [5.74, 6) is 0.0716. The predicted molar refractivity (Wildman–Crippen MR) is 150 cm³/mol. The molecule has 7 nitrogen and oxygen atoms in total. The maximum atomic E-state index is 13.1. The van der Waals surface area contributed by atoms with E-state index in [1.165, 1.54) is 0 Å². The third-order valence-electron chi connectivity index (χ3n) is 6.01. The van der Waals surface area contributed by atoms with E-state index in [0.29, 0.717) is 30.6 Å². The molecule has 1 heterocycles. The predicted octanol–water partition coefficient (Wildman–Crippen LogP) is 4.61. The van der Waals surface area contributed by atoms with Gasteiger partial charge in [-0.3, -0.25) is 14.9 Å². The molecule has 3 aromatic rings. The summed E-state index contributed by atoms with van der Waals surface area (Å²) in [6.07, 6.45) is 2.56. The largest absolute Gasteiger partial charge is 0.384 e. The average Bonchev–Trinajstić information content (AvgIpc) is 2.82. The van der Waals surface area contributed by atoms with E-state index in [2.05, 4.69) is 4.72 Å². The van der Waals surface area contributed by atoms with Crippen LogP contribution in [0.2, 0.25) is 0 Å². The molecule has 184 valence electrons. The Labute approximate surface area is 223 Å². The lowest BCUT2D eigenvalue weighted by atomic mass is 9.99. The highest BCUT2D eigenvalue weighted by Gasteiger charge is 2.23. The minimum Gasteiger partial charge on any atom is -0.384 e. The maximum Gasteiger partial charge on any atom is 0.261 e. The van der Waals surface area contributed by atoms with Crippen LogP contribution in [0.4, 0.5) is 11.4 Å². The van der Waals surface area contributed by atoms with E-state index < -0.39 is 10.0 Å². The van der Waals surface area contributed by atoms with E-state index in [1.807, 2.05) is 37.3 Å². The monoisotopic (exact) mass is 604 g/mol. The van der Waals surface area contributed by atoms with E-state index >= 15 is 0 Å². The van der Waals surface area contributed by atoms with Crippen LogP contribution in [-0.4, -0.2) is 26.7 Å². The lowest BCUT2D eigenvalue weighted by molar-refractivity contribution is -0.118. The van der Waals surface area contributed by atoms with Crippen molar-refractivity contribution in [2.45, 2.75) is 37.5 Å². The molecule has 0 aromatic heterocycles. The molecule has 35 heavy (non-hydrogen) atoms. The summed E-state index contributed by atoms with van der Waals surface area (Å²) >= 11 is 0. The molecule has 4 N–H and O–H groups in total. The molecule has 0 unspecified atom stereocenters. The zero-order valence-corrected chi connectivity index (χ0v) is 22.6. The van der Waals surface area contributed by atoms with Crippen molar-refractivity contribution in [2.75, 3.05) is 16.2 Å². The lowest BCUT2D eigenvalue weighted by Gasteiger charge is -2.30. The van der Waals surface area contributed by atoms with Gasteiger partial charge in [0, 0.05) is 29.9 Å². The first-order valence-corrected chi connectivity index (χ1v) is 12.7. The number of sulfonamides is 1. The second kappa shape index (κ2) is 11.2. The molecule has 0 saturated carbocycles. The van der Waals surface area contributed by atoms with Crippen LogP contribution in [0.3, 0.4) is 0 Å². The normalized spacial score (nSPS) is 12.9. The molecule has 3 aromatic carbocycles. The third kappa shape index (κ3) is 6.21. The van der Waals surface area contributed by atoms with Crippen LogP contribution in [0.25, 0.3) is 0 Å². The van der Waals surface area contributed by atoms with Gasteiger partial charge in [-0.25, -0.2) is 8.42 Å². The molecule has 1 aliphatic rings. The summed E-state index contributed by atoms with van der Waals surface area (Å²) in [6.45, 7) is 2.55. The Balaban J connectivity index is 0.00000342. The third-order valence-corrected chi connectivity index (χ3v) is 7.41. The number of anilines is 2. The van der Waals surface area contributed by atoms with Gasteiger partial charge in [0.2, 0.25) is 5.91 Å². The molecule has 0 bridgehead atoms. The van der Waals surface area contributed by atoms with E-state index in [-0.39, 0.29) is 40.6 Å².